The van der Waals surface area contributed by atoms with Crippen LogP contribution < -0.4 is 4.31 Å². The summed E-state index contributed by atoms with van der Waals surface area (Å²) in [5.74, 6) is -1.11. The second kappa shape index (κ2) is 9.30. The fraction of sp³-hybridized carbons (Fsp3) is 0.364. The predicted octanol–water partition coefficient (Wildman–Crippen LogP) is 2.93. The lowest BCUT2D eigenvalue weighted by Crippen LogP contribution is -2.43. The van der Waals surface area contributed by atoms with Crippen LogP contribution in [0.3, 0.4) is 0 Å². The van der Waals surface area contributed by atoms with E-state index in [2.05, 4.69) is 0 Å². The summed E-state index contributed by atoms with van der Waals surface area (Å²) in [5, 5.41) is 0. The van der Waals surface area contributed by atoms with Crippen LogP contribution in [0, 0.1) is 5.92 Å². The van der Waals surface area contributed by atoms with Crippen molar-refractivity contribution in [2.75, 3.05) is 31.0 Å². The molecule has 0 radical (unpaired) electrons. The number of carbonyl (C=O) groups excluding carboxylic acids is 2. The highest BCUT2D eigenvalue weighted by Gasteiger charge is 2.33. The van der Waals surface area contributed by atoms with Crippen molar-refractivity contribution in [2.45, 2.75) is 24.7 Å². The van der Waals surface area contributed by atoms with Gasteiger partial charge in [0.25, 0.3) is 15.9 Å². The predicted molar refractivity (Wildman–Crippen MR) is 114 cm³/mol. The lowest BCUT2D eigenvalue weighted by molar-refractivity contribution is -0.149. The van der Waals surface area contributed by atoms with Gasteiger partial charge in [-0.15, -0.1) is 0 Å². The van der Waals surface area contributed by atoms with E-state index in [0.29, 0.717) is 25.1 Å². The molecular weight excluding hydrogens is 404 g/mol. The standard InChI is InChI=1S/C22H26N2O5S/c1-3-29-22(26)17-10-9-15-24(16-17)21(25)19-13-7-8-14-20(19)30(27,28)23(2)18-11-5-4-6-12-18/h4-8,11-14,17H,3,9-10,15-16H2,1-2H3/t17-/m0/s1. The van der Waals surface area contributed by atoms with Gasteiger partial charge >= 0.3 is 5.97 Å². The number of rotatable bonds is 6. The van der Waals surface area contributed by atoms with E-state index in [4.69, 9.17) is 4.74 Å². The van der Waals surface area contributed by atoms with Gasteiger partial charge in [-0.2, -0.15) is 0 Å². The maximum absolute atomic E-state index is 13.3. The Morgan fingerprint density at radius 1 is 1.10 bits per heavy atom. The minimum absolute atomic E-state index is 0.0559. The Morgan fingerprint density at radius 2 is 1.77 bits per heavy atom. The Bertz CT molecular complexity index is 1010. The van der Waals surface area contributed by atoms with Crippen molar-refractivity contribution in [3.63, 3.8) is 0 Å². The first kappa shape index (κ1) is 21.8. The van der Waals surface area contributed by atoms with E-state index in [0.717, 1.165) is 4.31 Å². The van der Waals surface area contributed by atoms with Crippen LogP contribution >= 0.6 is 0 Å². The fourth-order valence-corrected chi connectivity index (χ4v) is 4.96. The third-order valence-electron chi connectivity index (χ3n) is 5.20. The van der Waals surface area contributed by atoms with Crippen LogP contribution in [0.2, 0.25) is 0 Å². The number of hydrogen-bond donors (Lipinski definition) is 0. The van der Waals surface area contributed by atoms with Crippen LogP contribution in [0.15, 0.2) is 59.5 Å². The first-order valence-corrected chi connectivity index (χ1v) is 11.4. The highest BCUT2D eigenvalue weighted by atomic mass is 32.2. The molecule has 1 atom stereocenters. The molecule has 160 valence electrons. The molecule has 1 saturated heterocycles. The molecule has 0 bridgehead atoms. The van der Waals surface area contributed by atoms with Gasteiger partial charge < -0.3 is 9.64 Å². The molecule has 8 heteroatoms. The Kier molecular flexibility index (Phi) is 6.77. The van der Waals surface area contributed by atoms with Crippen molar-refractivity contribution in [2.24, 2.45) is 5.92 Å². The smallest absolute Gasteiger partial charge is 0.310 e. The number of carbonyl (C=O) groups is 2. The highest BCUT2D eigenvalue weighted by molar-refractivity contribution is 7.92. The molecule has 0 aromatic heterocycles. The zero-order valence-corrected chi connectivity index (χ0v) is 18.0. The van der Waals surface area contributed by atoms with Gasteiger partial charge in [-0.3, -0.25) is 13.9 Å². The molecule has 1 aliphatic heterocycles. The number of nitrogens with zero attached hydrogens (tertiary/aromatic N) is 2. The molecule has 1 heterocycles. The molecule has 3 rings (SSSR count). The first-order valence-electron chi connectivity index (χ1n) is 9.95. The average molecular weight is 431 g/mol. The van der Waals surface area contributed by atoms with E-state index in [1.807, 2.05) is 0 Å². The van der Waals surface area contributed by atoms with Crippen molar-refractivity contribution in [3.05, 3.63) is 60.2 Å². The van der Waals surface area contributed by atoms with Crippen LogP contribution in [0.1, 0.15) is 30.1 Å². The van der Waals surface area contributed by atoms with E-state index in [1.165, 1.54) is 19.2 Å². The van der Waals surface area contributed by atoms with Crippen LogP contribution in [-0.4, -0.2) is 51.9 Å². The van der Waals surface area contributed by atoms with Gasteiger partial charge in [-0.25, -0.2) is 8.42 Å². The fourth-order valence-electron chi connectivity index (χ4n) is 3.58. The second-order valence-corrected chi connectivity index (χ2v) is 9.08. The van der Waals surface area contributed by atoms with Gasteiger partial charge in [0.05, 0.1) is 23.8 Å². The summed E-state index contributed by atoms with van der Waals surface area (Å²) < 4.78 is 32.8. The summed E-state index contributed by atoms with van der Waals surface area (Å²) in [6.45, 7) is 2.72. The van der Waals surface area contributed by atoms with Crippen molar-refractivity contribution in [1.82, 2.24) is 4.90 Å². The molecule has 2 aromatic rings. The van der Waals surface area contributed by atoms with E-state index in [9.17, 15) is 18.0 Å². The van der Waals surface area contributed by atoms with Gasteiger partial charge in [0.1, 0.15) is 4.90 Å². The maximum Gasteiger partial charge on any atom is 0.310 e. The Balaban J connectivity index is 1.89. The lowest BCUT2D eigenvalue weighted by Gasteiger charge is -2.32. The molecule has 0 saturated carbocycles. The van der Waals surface area contributed by atoms with Crippen molar-refractivity contribution < 1.29 is 22.7 Å². The molecule has 2 aromatic carbocycles. The Hall–Kier alpha value is -2.87. The summed E-state index contributed by atoms with van der Waals surface area (Å²) in [7, 11) is -2.49. The molecule has 0 spiro atoms. The first-order chi connectivity index (χ1) is 14.4. The van der Waals surface area contributed by atoms with Gasteiger partial charge in [0.15, 0.2) is 0 Å². The minimum Gasteiger partial charge on any atom is -0.466 e. The number of likely N-dealkylation sites (tertiary alicyclic amines) is 1. The van der Waals surface area contributed by atoms with Crippen LogP contribution in [0.25, 0.3) is 0 Å². The number of ether oxygens (including phenoxy) is 1. The van der Waals surface area contributed by atoms with E-state index in [1.54, 1.807) is 54.3 Å². The second-order valence-electron chi connectivity index (χ2n) is 7.15. The number of sulfonamides is 1. The Morgan fingerprint density at radius 3 is 2.47 bits per heavy atom. The minimum atomic E-state index is -3.95. The number of anilines is 1. The maximum atomic E-state index is 13.3. The monoisotopic (exact) mass is 430 g/mol. The topological polar surface area (TPSA) is 84.0 Å². The van der Waals surface area contributed by atoms with Crippen LogP contribution in [0.4, 0.5) is 5.69 Å². The third kappa shape index (κ3) is 4.48. The molecule has 0 N–H and O–H groups in total. The zero-order chi connectivity index (χ0) is 21.7. The largest absolute Gasteiger partial charge is 0.466 e. The molecule has 30 heavy (non-hydrogen) atoms. The van der Waals surface area contributed by atoms with Crippen molar-refractivity contribution in [3.8, 4) is 0 Å². The number of para-hydroxylation sites is 1. The number of piperidine rings is 1. The highest BCUT2D eigenvalue weighted by Crippen LogP contribution is 2.27. The Labute approximate surface area is 177 Å². The number of benzene rings is 2. The summed E-state index contributed by atoms with van der Waals surface area (Å²) in [6, 6.07) is 14.9. The summed E-state index contributed by atoms with van der Waals surface area (Å²) in [6.07, 6.45) is 1.31. The van der Waals surface area contributed by atoms with Gasteiger partial charge in [-0.05, 0) is 44.0 Å². The van der Waals surface area contributed by atoms with Gasteiger partial charge in [-0.1, -0.05) is 30.3 Å². The quantitative estimate of drug-likeness (QED) is 0.658. The van der Waals surface area contributed by atoms with Crippen molar-refractivity contribution >= 4 is 27.6 Å². The lowest BCUT2D eigenvalue weighted by atomic mass is 9.97. The van der Waals surface area contributed by atoms with E-state index < -0.39 is 21.8 Å². The zero-order valence-electron chi connectivity index (χ0n) is 17.2. The average Bonchev–Trinajstić information content (AvgIpc) is 2.79. The normalized spacial score (nSPS) is 16.7. The van der Waals surface area contributed by atoms with Crippen LogP contribution in [0.5, 0.6) is 0 Å². The summed E-state index contributed by atoms with van der Waals surface area (Å²) in [4.78, 5) is 26.8. The number of hydrogen-bond acceptors (Lipinski definition) is 5. The summed E-state index contributed by atoms with van der Waals surface area (Å²) >= 11 is 0. The molecule has 1 fully saturated rings. The van der Waals surface area contributed by atoms with Gasteiger partial charge in [0.2, 0.25) is 0 Å². The molecule has 0 aliphatic carbocycles. The van der Waals surface area contributed by atoms with Crippen LogP contribution in [-0.2, 0) is 19.6 Å². The summed E-state index contributed by atoms with van der Waals surface area (Å²) in [5.41, 5.74) is 0.602. The molecule has 7 nitrogen and oxygen atoms in total. The van der Waals surface area contributed by atoms with E-state index >= 15 is 0 Å². The van der Waals surface area contributed by atoms with Gasteiger partial charge in [0, 0.05) is 20.1 Å². The van der Waals surface area contributed by atoms with E-state index in [-0.39, 0.29) is 29.6 Å². The number of amides is 1. The molecular formula is C22H26N2O5S. The SMILES string of the molecule is CCOC(=O)[C@H]1CCCN(C(=O)c2ccccc2S(=O)(=O)N(C)c2ccccc2)C1. The molecule has 1 amide bonds. The molecule has 1 aliphatic rings. The third-order valence-corrected chi connectivity index (χ3v) is 7.05. The van der Waals surface area contributed by atoms with Crippen molar-refractivity contribution in [1.29, 1.82) is 0 Å². The number of esters is 1. The molecule has 0 unspecified atom stereocenters.